The summed E-state index contributed by atoms with van der Waals surface area (Å²) >= 11 is 0. The Bertz CT molecular complexity index is 2530. The first-order valence-electron chi connectivity index (χ1n) is 17.2. The van der Waals surface area contributed by atoms with Gasteiger partial charge in [0.1, 0.15) is 26.8 Å². The SMILES string of the molecule is CC1(C)C(/C=C/C=C(/C=C/C=C2/N(CCCCS(=O)(=O)[O-])c3ccc(S(=O)(=O)[O-])cc3C2(C)C)C(N)=O)=[N+](CCCCS(=O)(=O)[O-])c2ccc(S(=O)(=O)[O-])cc21.[K+].[K+].[K+]. The fourth-order valence-corrected chi connectivity index (χ4v) is 9.01. The number of allylic oxidation sites excluding steroid dienone is 6. The molecule has 2 N–H and O–H groups in total. The summed E-state index contributed by atoms with van der Waals surface area (Å²) in [5.41, 5.74) is 7.35. The van der Waals surface area contributed by atoms with Gasteiger partial charge >= 0.3 is 154 Å². The van der Waals surface area contributed by atoms with Gasteiger partial charge in [0, 0.05) is 64.5 Å². The molecule has 0 saturated heterocycles. The van der Waals surface area contributed by atoms with Crippen molar-refractivity contribution in [2.75, 3.05) is 29.5 Å². The van der Waals surface area contributed by atoms with Crippen LogP contribution in [0.4, 0.5) is 11.4 Å². The third-order valence-corrected chi connectivity index (χ3v) is 12.9. The Kier molecular flexibility index (Phi) is 22.4. The molecule has 0 saturated carbocycles. The number of hydrogen-bond acceptors (Lipinski definition) is 14. The van der Waals surface area contributed by atoms with E-state index in [1.807, 2.05) is 9.48 Å². The molecular weight excluding hydrogens is 928 g/mol. The van der Waals surface area contributed by atoms with E-state index in [1.54, 1.807) is 39.8 Å². The van der Waals surface area contributed by atoms with E-state index in [4.69, 9.17) is 5.73 Å². The van der Waals surface area contributed by atoms with Crippen LogP contribution < -0.4 is 165 Å². The fraction of sp³-hybridized carbons (Fsp3) is 0.389. The molecule has 16 nitrogen and oxygen atoms in total. The molecule has 306 valence electrons. The van der Waals surface area contributed by atoms with Crippen LogP contribution in [0.15, 0.2) is 93.9 Å². The van der Waals surface area contributed by atoms with E-state index in [9.17, 15) is 56.7 Å². The van der Waals surface area contributed by atoms with Gasteiger partial charge in [-0.05, 0) is 87.2 Å². The Morgan fingerprint density at radius 2 is 1.25 bits per heavy atom. The average Bonchev–Trinajstić information content (AvgIpc) is 3.40. The van der Waals surface area contributed by atoms with E-state index in [1.165, 1.54) is 60.7 Å². The Morgan fingerprint density at radius 3 is 1.78 bits per heavy atom. The predicted octanol–water partition coefficient (Wildman–Crippen LogP) is -6.26. The number of carbonyl (C=O) groups excluding carboxylic acids is 1. The van der Waals surface area contributed by atoms with Crippen molar-refractivity contribution in [3.63, 3.8) is 0 Å². The molecule has 2 aromatic rings. The molecule has 2 heterocycles. The number of unbranched alkanes of at least 4 members (excludes halogenated alkanes) is 2. The van der Waals surface area contributed by atoms with Crippen molar-refractivity contribution < 1.29 is 215 Å². The third kappa shape index (κ3) is 15.5. The predicted molar refractivity (Wildman–Crippen MR) is 203 cm³/mol. The van der Waals surface area contributed by atoms with Gasteiger partial charge < -0.3 is 28.8 Å². The van der Waals surface area contributed by atoms with Crippen LogP contribution in [-0.2, 0) is 56.1 Å². The zero-order valence-electron chi connectivity index (χ0n) is 34.0. The summed E-state index contributed by atoms with van der Waals surface area (Å²) in [5, 5.41) is 0. The van der Waals surface area contributed by atoms with E-state index < -0.39 is 78.5 Å². The number of nitrogens with two attached hydrogens (primary N) is 1. The van der Waals surface area contributed by atoms with Gasteiger partial charge in [-0.15, -0.1) is 0 Å². The molecule has 23 heteroatoms. The molecule has 0 aliphatic carbocycles. The average molecular weight is 970 g/mol. The number of carbonyl (C=O) groups is 1. The topological polar surface area (TPSA) is 278 Å². The van der Waals surface area contributed by atoms with Crippen LogP contribution in [0, 0.1) is 0 Å². The maximum Gasteiger partial charge on any atom is 1.00 e. The minimum atomic E-state index is -4.79. The van der Waals surface area contributed by atoms with Gasteiger partial charge in [-0.3, -0.25) is 4.79 Å². The second kappa shape index (κ2) is 22.9. The number of anilines is 1. The first kappa shape index (κ1) is 57.9. The van der Waals surface area contributed by atoms with Crippen LogP contribution in [-0.4, -0.2) is 92.7 Å². The Morgan fingerprint density at radius 1 is 0.729 bits per heavy atom. The number of primary amides is 1. The summed E-state index contributed by atoms with van der Waals surface area (Å²) in [4.78, 5) is 13.5. The van der Waals surface area contributed by atoms with Crippen molar-refractivity contribution in [2.45, 2.75) is 74.0 Å². The maximum atomic E-state index is 12.6. The molecule has 0 spiro atoms. The van der Waals surface area contributed by atoms with Crippen LogP contribution in [0.2, 0.25) is 0 Å². The summed E-state index contributed by atoms with van der Waals surface area (Å²) in [7, 11) is -18.5. The molecular formula is C36H42K3N3O13S4. The molecule has 59 heavy (non-hydrogen) atoms. The van der Waals surface area contributed by atoms with E-state index in [0.717, 1.165) is 0 Å². The van der Waals surface area contributed by atoms with Crippen molar-refractivity contribution in [1.82, 2.24) is 0 Å². The summed E-state index contributed by atoms with van der Waals surface area (Å²) < 4.78 is 140. The summed E-state index contributed by atoms with van der Waals surface area (Å²) in [5.74, 6) is -1.95. The number of rotatable bonds is 17. The van der Waals surface area contributed by atoms with Gasteiger partial charge in [-0.1, -0.05) is 26.0 Å². The van der Waals surface area contributed by atoms with Crippen LogP contribution >= 0.6 is 0 Å². The second-order valence-electron chi connectivity index (χ2n) is 14.4. The van der Waals surface area contributed by atoms with Crippen LogP contribution in [0.3, 0.4) is 0 Å². The van der Waals surface area contributed by atoms with Crippen LogP contribution in [0.25, 0.3) is 0 Å². The molecule has 4 rings (SSSR count). The Balaban J connectivity index is 0.00000580. The van der Waals surface area contributed by atoms with Crippen molar-refractivity contribution in [3.05, 3.63) is 95.3 Å². The summed E-state index contributed by atoms with van der Waals surface area (Å²) in [6, 6.07) is 7.88. The number of benzene rings is 2. The van der Waals surface area contributed by atoms with E-state index in [-0.39, 0.29) is 198 Å². The Hall–Kier alpha value is 0.889. The van der Waals surface area contributed by atoms with Gasteiger partial charge in [-0.25, -0.2) is 33.7 Å². The van der Waals surface area contributed by atoms with Gasteiger partial charge in [0.25, 0.3) is 0 Å². The van der Waals surface area contributed by atoms with Crippen LogP contribution in [0.5, 0.6) is 0 Å². The first-order chi connectivity index (χ1) is 25.6. The minimum absolute atomic E-state index is 0. The molecule has 2 aliphatic heterocycles. The van der Waals surface area contributed by atoms with Crippen molar-refractivity contribution in [2.24, 2.45) is 5.73 Å². The van der Waals surface area contributed by atoms with Crippen molar-refractivity contribution in [3.8, 4) is 0 Å². The molecule has 0 fully saturated rings. The maximum absolute atomic E-state index is 12.6. The molecule has 0 atom stereocenters. The van der Waals surface area contributed by atoms with Crippen molar-refractivity contribution in [1.29, 1.82) is 0 Å². The molecule has 1 amide bonds. The number of nitrogens with zero attached hydrogens (tertiary/aromatic N) is 2. The van der Waals surface area contributed by atoms with E-state index in [2.05, 4.69) is 0 Å². The van der Waals surface area contributed by atoms with Crippen molar-refractivity contribution >= 4 is 63.5 Å². The molecule has 0 unspecified atom stereocenters. The van der Waals surface area contributed by atoms with E-state index >= 15 is 0 Å². The first-order valence-corrected chi connectivity index (χ1v) is 23.2. The number of amides is 1. The van der Waals surface area contributed by atoms with Crippen LogP contribution in [0.1, 0.15) is 64.5 Å². The van der Waals surface area contributed by atoms with Gasteiger partial charge in [-0.2, -0.15) is 4.58 Å². The third-order valence-electron chi connectivity index (χ3n) is 9.70. The number of fused-ring (bicyclic) bond motifs is 2. The molecule has 0 radical (unpaired) electrons. The fourth-order valence-electron chi connectivity index (χ4n) is 6.91. The van der Waals surface area contributed by atoms with Gasteiger partial charge in [0.05, 0.1) is 35.4 Å². The number of hydrogen-bond donors (Lipinski definition) is 1. The molecule has 2 aromatic carbocycles. The molecule has 0 bridgehead atoms. The van der Waals surface area contributed by atoms with Gasteiger partial charge in [0.2, 0.25) is 11.6 Å². The zero-order chi connectivity index (χ0) is 42.1. The smallest absolute Gasteiger partial charge is 0.748 e. The standard InChI is InChI=1S/C36H45N3O13S4.3K/c1-35(2)28-23-26(55(47,48)49)15-17-30(28)38(19-5-7-21-53(41,42)43)32(35)13-9-11-25(34(37)40)12-10-14-33-36(3,4)29-24-27(56(50,51)52)16-18-31(29)39(33)20-6-8-22-54(44,45)46;;;/h9-18,23-24H,5-8,19-22H2,1-4H3,(H5-,37,40,41,42,43,44,45,46,47,48,49,50,51,52);;;/q;3*+1/p-3. The zero-order valence-corrected chi connectivity index (χ0v) is 46.6. The largest absolute Gasteiger partial charge is 1.00 e. The monoisotopic (exact) mass is 969 g/mol. The molecule has 0 aromatic heterocycles. The normalized spacial score (nSPS) is 17.1. The van der Waals surface area contributed by atoms with Gasteiger partial charge in [0.15, 0.2) is 5.71 Å². The van der Waals surface area contributed by atoms with E-state index in [0.29, 0.717) is 33.9 Å². The Labute approximate surface area is 474 Å². The summed E-state index contributed by atoms with van der Waals surface area (Å²) in [6.45, 7) is 7.64. The quantitative estimate of drug-likeness (QED) is 0.0386. The summed E-state index contributed by atoms with van der Waals surface area (Å²) in [6.07, 6.45) is 9.94. The minimum Gasteiger partial charge on any atom is -0.748 e. The second-order valence-corrected chi connectivity index (χ2v) is 20.2. The molecule has 2 aliphatic rings.